The maximum atomic E-state index is 13.2. The second kappa shape index (κ2) is 15.1. The topological polar surface area (TPSA) is 98.8 Å². The van der Waals surface area contributed by atoms with E-state index in [2.05, 4.69) is 35.2 Å². The highest BCUT2D eigenvalue weighted by atomic mass is 32.2. The molecule has 3 rings (SSSR count). The molecule has 0 spiro atoms. The lowest BCUT2D eigenvalue weighted by Crippen LogP contribution is -2.55. The van der Waals surface area contributed by atoms with Crippen molar-refractivity contribution in [3.63, 3.8) is 0 Å². The first kappa shape index (κ1) is 30.8. The van der Waals surface area contributed by atoms with Crippen LogP contribution >= 0.6 is 0 Å². The summed E-state index contributed by atoms with van der Waals surface area (Å²) in [5, 5.41) is 3.36. The molecule has 0 bridgehead atoms. The van der Waals surface area contributed by atoms with Crippen LogP contribution in [0.15, 0.2) is 59.0 Å². The van der Waals surface area contributed by atoms with Gasteiger partial charge in [-0.25, -0.2) is 8.42 Å². The van der Waals surface area contributed by atoms with Crippen molar-refractivity contribution in [1.29, 1.82) is 0 Å². The number of unbranched alkanes of at least 4 members (excludes halogenated alkanes) is 1. The third kappa shape index (κ3) is 9.15. The molecule has 0 unspecified atom stereocenters. The highest BCUT2D eigenvalue weighted by molar-refractivity contribution is 7.89. The molecule has 1 fully saturated rings. The number of hydrogen-bond acceptors (Lipinski definition) is 5. The van der Waals surface area contributed by atoms with Gasteiger partial charge in [0.25, 0.3) is 0 Å². The summed E-state index contributed by atoms with van der Waals surface area (Å²) >= 11 is 0. The van der Waals surface area contributed by atoms with E-state index in [-0.39, 0.29) is 24.7 Å². The van der Waals surface area contributed by atoms with Crippen LogP contribution in [0.1, 0.15) is 66.3 Å². The summed E-state index contributed by atoms with van der Waals surface area (Å²) in [4.78, 5) is 29.6. The van der Waals surface area contributed by atoms with Crippen molar-refractivity contribution in [2.45, 2.75) is 70.2 Å². The van der Waals surface area contributed by atoms with E-state index < -0.39 is 16.1 Å². The van der Waals surface area contributed by atoms with Crippen molar-refractivity contribution < 1.29 is 19.4 Å². The van der Waals surface area contributed by atoms with E-state index in [0.717, 1.165) is 43.4 Å². The van der Waals surface area contributed by atoms with Crippen LogP contribution in [0.25, 0.3) is 5.57 Å². The minimum atomic E-state index is -3.90. The van der Waals surface area contributed by atoms with Gasteiger partial charge in [-0.2, -0.15) is 4.72 Å². The van der Waals surface area contributed by atoms with Crippen LogP contribution in [0, 0.1) is 0 Å². The van der Waals surface area contributed by atoms with E-state index in [9.17, 15) is 18.0 Å². The molecule has 0 radical (unpaired) electrons. The average molecular weight is 559 g/mol. The highest BCUT2D eigenvalue weighted by Gasteiger charge is 2.34. The Hall–Kier alpha value is -2.75. The first-order valence-electron chi connectivity index (χ1n) is 14.2. The van der Waals surface area contributed by atoms with Gasteiger partial charge in [0.2, 0.25) is 21.8 Å². The summed E-state index contributed by atoms with van der Waals surface area (Å²) < 4.78 is 28.9. The van der Waals surface area contributed by atoms with E-state index >= 15 is 0 Å². The van der Waals surface area contributed by atoms with Crippen molar-refractivity contribution in [3.05, 3.63) is 59.7 Å². The average Bonchev–Trinajstić information content (AvgIpc) is 3.14. The Morgan fingerprint density at radius 3 is 2.59 bits per heavy atom. The molecule has 1 aliphatic heterocycles. The molecule has 0 aromatic heterocycles. The van der Waals surface area contributed by atoms with Crippen molar-refractivity contribution >= 4 is 27.4 Å². The maximum Gasteiger partial charge on any atom is 0.242 e. The standard InChI is InChI=1S/C30H44N4O4S.H2/c1-4-6-18-31-19-22-33(20-5-2)29(35)23-34-21-8-11-28(30(34)36)32-39(37,38)27-16-14-26(15-17-27)25-10-7-9-24(3)12-13-25;/h7,9,12-17,28,31-32H,4-6,8,10-11,18-23H2,1-3H3;1H/t28-;/m0./s1. The number of likely N-dealkylation sites (tertiary alicyclic amines) is 1. The van der Waals surface area contributed by atoms with Crippen molar-refractivity contribution in [2.24, 2.45) is 0 Å². The molecular formula is C30H46N4O4S. The molecule has 2 aliphatic rings. The fourth-order valence-electron chi connectivity index (χ4n) is 4.79. The van der Waals surface area contributed by atoms with Gasteiger partial charge in [-0.15, -0.1) is 0 Å². The van der Waals surface area contributed by atoms with Crippen molar-refractivity contribution in [3.8, 4) is 0 Å². The van der Waals surface area contributed by atoms with Gasteiger partial charge in [-0.1, -0.05) is 62.3 Å². The number of sulfonamides is 1. The molecule has 1 heterocycles. The molecule has 216 valence electrons. The molecule has 39 heavy (non-hydrogen) atoms. The van der Waals surface area contributed by atoms with Crippen LogP contribution in [-0.2, 0) is 19.6 Å². The fourth-order valence-corrected chi connectivity index (χ4v) is 6.01. The zero-order chi connectivity index (χ0) is 28.3. The smallest absolute Gasteiger partial charge is 0.242 e. The summed E-state index contributed by atoms with van der Waals surface area (Å²) in [6.07, 6.45) is 13.1. The largest absolute Gasteiger partial charge is 0.340 e. The minimum absolute atomic E-state index is 0. The van der Waals surface area contributed by atoms with E-state index in [1.54, 1.807) is 29.2 Å². The zero-order valence-corrected chi connectivity index (χ0v) is 24.4. The first-order chi connectivity index (χ1) is 18.7. The minimum Gasteiger partial charge on any atom is -0.340 e. The summed E-state index contributed by atoms with van der Waals surface area (Å²) in [5.74, 6) is -0.445. The Kier molecular flexibility index (Phi) is 12.0. The summed E-state index contributed by atoms with van der Waals surface area (Å²) in [7, 11) is -3.90. The number of rotatable bonds is 14. The number of hydrogen-bond donors (Lipinski definition) is 2. The van der Waals surface area contributed by atoms with E-state index in [4.69, 9.17) is 0 Å². The van der Waals surface area contributed by atoms with Gasteiger partial charge >= 0.3 is 0 Å². The summed E-state index contributed by atoms with van der Waals surface area (Å²) in [5.41, 5.74) is 3.23. The van der Waals surface area contributed by atoms with Gasteiger partial charge in [0.05, 0.1) is 11.4 Å². The quantitative estimate of drug-likeness (QED) is 0.335. The number of amides is 2. The molecule has 8 nitrogen and oxygen atoms in total. The first-order valence-corrected chi connectivity index (χ1v) is 15.7. The zero-order valence-electron chi connectivity index (χ0n) is 23.6. The second-order valence-electron chi connectivity index (χ2n) is 10.3. The molecule has 1 aliphatic carbocycles. The summed E-state index contributed by atoms with van der Waals surface area (Å²) in [6.45, 7) is 9.48. The lowest BCUT2D eigenvalue weighted by Gasteiger charge is -2.33. The van der Waals surface area contributed by atoms with Crippen LogP contribution < -0.4 is 10.0 Å². The number of carbonyl (C=O) groups is 2. The van der Waals surface area contributed by atoms with Crippen LogP contribution in [-0.4, -0.2) is 75.3 Å². The second-order valence-corrected chi connectivity index (χ2v) is 12.0. The number of piperidine rings is 1. The van der Waals surface area contributed by atoms with Crippen molar-refractivity contribution in [2.75, 3.05) is 39.3 Å². The molecule has 1 aromatic carbocycles. The summed E-state index contributed by atoms with van der Waals surface area (Å²) in [6, 6.07) is 5.88. The Morgan fingerprint density at radius 2 is 1.87 bits per heavy atom. The SMILES string of the molecule is CCCCNCCN(CCC)C(=O)CN1CCC[C@H](NS(=O)(=O)c2ccc(C3=CC=C(C)C=CC3)cc2)C1=O.[HH]. The number of carbonyl (C=O) groups excluding carboxylic acids is 2. The number of allylic oxidation sites excluding steroid dienone is 6. The fraction of sp³-hybridized carbons (Fsp3) is 0.533. The van der Waals surface area contributed by atoms with E-state index in [0.29, 0.717) is 39.0 Å². The van der Waals surface area contributed by atoms with Crippen LogP contribution in [0.5, 0.6) is 0 Å². The molecular weight excluding hydrogens is 512 g/mol. The Morgan fingerprint density at radius 1 is 1.10 bits per heavy atom. The molecule has 2 amide bonds. The van der Waals surface area contributed by atoms with Gasteiger partial charge in [0.1, 0.15) is 6.04 Å². The van der Waals surface area contributed by atoms with Gasteiger partial charge in [0.15, 0.2) is 0 Å². The highest BCUT2D eigenvalue weighted by Crippen LogP contribution is 2.24. The molecule has 1 atom stereocenters. The van der Waals surface area contributed by atoms with Crippen LogP contribution in [0.3, 0.4) is 0 Å². The van der Waals surface area contributed by atoms with E-state index in [1.165, 1.54) is 10.5 Å². The maximum absolute atomic E-state index is 13.2. The monoisotopic (exact) mass is 558 g/mol. The van der Waals surface area contributed by atoms with Gasteiger partial charge in [-0.3, -0.25) is 9.59 Å². The number of benzene rings is 1. The lowest BCUT2D eigenvalue weighted by molar-refractivity contribution is -0.143. The van der Waals surface area contributed by atoms with Crippen LogP contribution in [0.2, 0.25) is 0 Å². The Labute approximate surface area is 235 Å². The Balaban J connectivity index is 0.00000560. The molecule has 0 saturated carbocycles. The lowest BCUT2D eigenvalue weighted by atomic mass is 10.0. The predicted octanol–water partition coefficient (Wildman–Crippen LogP) is 4.12. The third-order valence-electron chi connectivity index (χ3n) is 7.07. The van der Waals surface area contributed by atoms with Gasteiger partial charge in [0, 0.05) is 27.6 Å². The van der Waals surface area contributed by atoms with Gasteiger partial charge in [-0.05, 0) is 68.8 Å². The molecule has 1 saturated heterocycles. The van der Waals surface area contributed by atoms with Crippen molar-refractivity contribution in [1.82, 2.24) is 19.8 Å². The van der Waals surface area contributed by atoms with Gasteiger partial charge < -0.3 is 15.1 Å². The molecule has 9 heteroatoms. The predicted molar refractivity (Wildman–Crippen MR) is 159 cm³/mol. The number of nitrogens with zero attached hydrogens (tertiary/aromatic N) is 2. The van der Waals surface area contributed by atoms with Crippen LogP contribution in [0.4, 0.5) is 0 Å². The molecule has 1 aromatic rings. The Bertz CT molecular complexity index is 1180. The third-order valence-corrected chi connectivity index (χ3v) is 8.55. The number of nitrogens with one attached hydrogen (secondary N) is 2. The molecule has 2 N–H and O–H groups in total. The van der Waals surface area contributed by atoms with E-state index in [1.807, 2.05) is 19.9 Å². The normalized spacial score (nSPS) is 18.0.